The van der Waals surface area contributed by atoms with Gasteiger partial charge in [0.15, 0.2) is 5.78 Å². The van der Waals surface area contributed by atoms with Crippen molar-refractivity contribution in [3.63, 3.8) is 0 Å². The van der Waals surface area contributed by atoms with Gasteiger partial charge in [-0.25, -0.2) is 4.39 Å². The number of carbonyl (C=O) groups excluding carboxylic acids is 1. The summed E-state index contributed by atoms with van der Waals surface area (Å²) in [7, 11) is 0. The number of pyridine rings is 1. The molecule has 0 radical (unpaired) electrons. The topological polar surface area (TPSA) is 76.0 Å². The van der Waals surface area contributed by atoms with Gasteiger partial charge in [0, 0.05) is 23.2 Å². The van der Waals surface area contributed by atoms with E-state index in [1.807, 2.05) is 0 Å². The lowest BCUT2D eigenvalue weighted by molar-refractivity contribution is 0.103. The van der Waals surface area contributed by atoms with Crippen molar-refractivity contribution in [3.05, 3.63) is 81.0 Å². The summed E-state index contributed by atoms with van der Waals surface area (Å²) in [6.07, 6.45) is 1.47. The first kappa shape index (κ1) is 16.1. The number of fused-ring (bicyclic) bond motifs is 1. The maximum Gasteiger partial charge on any atom is 0.255 e. The van der Waals surface area contributed by atoms with E-state index in [0.717, 1.165) is 0 Å². The lowest BCUT2D eigenvalue weighted by Crippen LogP contribution is -2.13. The molecule has 24 heavy (non-hydrogen) atoms. The normalized spacial score (nSPS) is 12.3. The summed E-state index contributed by atoms with van der Waals surface area (Å²) >= 11 is 0. The molecule has 0 saturated carbocycles. The van der Waals surface area contributed by atoms with Crippen LogP contribution in [0.1, 0.15) is 40.0 Å². The third kappa shape index (κ3) is 2.53. The number of H-pyrrole nitrogens is 1. The zero-order valence-corrected chi connectivity index (χ0v) is 13.4. The Labute approximate surface area is 138 Å². The summed E-state index contributed by atoms with van der Waals surface area (Å²) in [4.78, 5) is 27.3. The van der Waals surface area contributed by atoms with Crippen LogP contribution in [-0.2, 0) is 0 Å². The maximum atomic E-state index is 14.7. The zero-order chi connectivity index (χ0) is 17.4. The van der Waals surface area contributed by atoms with Crippen LogP contribution in [0, 0.1) is 12.7 Å². The highest BCUT2D eigenvalue weighted by atomic mass is 19.1. The highest BCUT2D eigenvalue weighted by Gasteiger charge is 2.20. The van der Waals surface area contributed by atoms with E-state index in [1.165, 1.54) is 12.3 Å². The van der Waals surface area contributed by atoms with Gasteiger partial charge < -0.3 is 10.7 Å². The summed E-state index contributed by atoms with van der Waals surface area (Å²) in [5, 5.41) is 0.896. The molecule has 1 atom stereocenters. The number of aromatic nitrogens is 1. The Bertz CT molecular complexity index is 1010. The number of aromatic amines is 1. The monoisotopic (exact) mass is 324 g/mol. The molecule has 0 unspecified atom stereocenters. The second kappa shape index (κ2) is 6.02. The fourth-order valence-corrected chi connectivity index (χ4v) is 2.93. The quantitative estimate of drug-likeness (QED) is 0.726. The van der Waals surface area contributed by atoms with Gasteiger partial charge >= 0.3 is 0 Å². The van der Waals surface area contributed by atoms with Crippen molar-refractivity contribution in [3.8, 4) is 0 Å². The molecule has 3 aromatic rings. The first-order valence-corrected chi connectivity index (χ1v) is 7.61. The summed E-state index contributed by atoms with van der Waals surface area (Å²) < 4.78 is 14.7. The molecule has 0 saturated heterocycles. The van der Waals surface area contributed by atoms with E-state index in [0.29, 0.717) is 27.5 Å². The molecule has 1 aromatic heterocycles. The summed E-state index contributed by atoms with van der Waals surface area (Å²) in [6, 6.07) is 9.30. The number of rotatable bonds is 3. The number of halogens is 1. The van der Waals surface area contributed by atoms with E-state index in [-0.39, 0.29) is 17.2 Å². The Morgan fingerprint density at radius 2 is 1.88 bits per heavy atom. The lowest BCUT2D eigenvalue weighted by Gasteiger charge is -2.13. The number of benzene rings is 2. The first-order chi connectivity index (χ1) is 11.4. The Morgan fingerprint density at radius 1 is 1.12 bits per heavy atom. The molecule has 3 N–H and O–H groups in total. The van der Waals surface area contributed by atoms with E-state index >= 15 is 0 Å². The van der Waals surface area contributed by atoms with Crippen LogP contribution in [0.5, 0.6) is 0 Å². The minimum Gasteiger partial charge on any atom is -0.329 e. The maximum absolute atomic E-state index is 14.7. The van der Waals surface area contributed by atoms with Crippen LogP contribution in [0.3, 0.4) is 0 Å². The van der Waals surface area contributed by atoms with Crippen molar-refractivity contribution in [1.82, 2.24) is 4.98 Å². The molecule has 2 aromatic carbocycles. The van der Waals surface area contributed by atoms with Crippen LogP contribution in [0.4, 0.5) is 4.39 Å². The molecular weight excluding hydrogens is 307 g/mol. The summed E-state index contributed by atoms with van der Waals surface area (Å²) in [5.74, 6) is -1.03. The molecule has 122 valence electrons. The second-order valence-corrected chi connectivity index (χ2v) is 5.83. The predicted octanol–water partition coefficient (Wildman–Crippen LogP) is 3.23. The molecular formula is C19H17FN2O2. The Hall–Kier alpha value is -2.79. The smallest absolute Gasteiger partial charge is 0.255 e. The molecule has 4 nitrogen and oxygen atoms in total. The summed E-state index contributed by atoms with van der Waals surface area (Å²) in [6.45, 7) is 3.37. The standard InChI is InChI=1S/C19H17FN2O2/c1-10-12(11(2)21)6-7-16(17(10)20)18(23)14-4-3-5-15-13(14)8-9-22-19(15)24/h3-9,11H,21H2,1-2H3,(H,22,24)/t11-/m0/s1. The Morgan fingerprint density at radius 3 is 2.58 bits per heavy atom. The third-order valence-corrected chi connectivity index (χ3v) is 4.22. The predicted molar refractivity (Wildman–Crippen MR) is 91.7 cm³/mol. The molecule has 0 bridgehead atoms. The highest BCUT2D eigenvalue weighted by Crippen LogP contribution is 2.25. The number of ketones is 1. The van der Waals surface area contributed by atoms with Gasteiger partial charge in [-0.2, -0.15) is 0 Å². The molecule has 3 rings (SSSR count). The summed E-state index contributed by atoms with van der Waals surface area (Å²) in [5.41, 5.74) is 6.84. The number of hydrogen-bond acceptors (Lipinski definition) is 3. The van der Waals surface area contributed by atoms with Crippen LogP contribution >= 0.6 is 0 Å². The van der Waals surface area contributed by atoms with Gasteiger partial charge in [-0.15, -0.1) is 0 Å². The molecule has 0 aliphatic carbocycles. The second-order valence-electron chi connectivity index (χ2n) is 5.83. The average Bonchev–Trinajstić information content (AvgIpc) is 2.56. The molecule has 5 heteroatoms. The Balaban J connectivity index is 2.19. The van der Waals surface area contributed by atoms with Gasteiger partial charge in [-0.1, -0.05) is 18.2 Å². The van der Waals surface area contributed by atoms with Crippen LogP contribution in [-0.4, -0.2) is 10.8 Å². The molecule has 0 spiro atoms. The molecule has 0 fully saturated rings. The minimum absolute atomic E-state index is 0.0234. The van der Waals surface area contributed by atoms with Gasteiger partial charge in [0.1, 0.15) is 5.82 Å². The first-order valence-electron chi connectivity index (χ1n) is 7.61. The number of nitrogens with one attached hydrogen (secondary N) is 1. The van der Waals surface area contributed by atoms with Crippen molar-refractivity contribution in [2.24, 2.45) is 5.73 Å². The van der Waals surface area contributed by atoms with Crippen LogP contribution in [0.2, 0.25) is 0 Å². The number of hydrogen-bond donors (Lipinski definition) is 2. The molecule has 0 aliphatic heterocycles. The van der Waals surface area contributed by atoms with Crippen LogP contribution < -0.4 is 11.3 Å². The van der Waals surface area contributed by atoms with E-state index in [4.69, 9.17) is 5.73 Å². The van der Waals surface area contributed by atoms with Crippen molar-refractivity contribution in [2.75, 3.05) is 0 Å². The van der Waals surface area contributed by atoms with Crippen LogP contribution in [0.25, 0.3) is 10.8 Å². The van der Waals surface area contributed by atoms with Gasteiger partial charge in [0.05, 0.1) is 5.56 Å². The highest BCUT2D eigenvalue weighted by molar-refractivity contribution is 6.16. The SMILES string of the molecule is Cc1c([C@H](C)N)ccc(C(=O)c2cccc3c(=O)[nH]ccc23)c1F. The van der Waals surface area contributed by atoms with Gasteiger partial charge in [0.25, 0.3) is 5.56 Å². The van der Waals surface area contributed by atoms with E-state index in [1.54, 1.807) is 44.2 Å². The minimum atomic E-state index is -0.573. The van der Waals surface area contributed by atoms with Gasteiger partial charge in [-0.3, -0.25) is 9.59 Å². The average molecular weight is 324 g/mol. The fraction of sp³-hybridized carbons (Fsp3) is 0.158. The third-order valence-electron chi connectivity index (χ3n) is 4.22. The molecule has 1 heterocycles. The fourth-order valence-electron chi connectivity index (χ4n) is 2.93. The Kier molecular flexibility index (Phi) is 4.03. The number of carbonyl (C=O) groups is 1. The zero-order valence-electron chi connectivity index (χ0n) is 13.4. The van der Waals surface area contributed by atoms with E-state index < -0.39 is 11.6 Å². The van der Waals surface area contributed by atoms with Crippen molar-refractivity contribution in [2.45, 2.75) is 19.9 Å². The van der Waals surface area contributed by atoms with Gasteiger partial charge in [0.2, 0.25) is 0 Å². The van der Waals surface area contributed by atoms with Crippen LogP contribution in [0.15, 0.2) is 47.4 Å². The van der Waals surface area contributed by atoms with Gasteiger partial charge in [-0.05, 0) is 48.6 Å². The number of nitrogens with two attached hydrogens (primary N) is 1. The van der Waals surface area contributed by atoms with Crippen molar-refractivity contribution < 1.29 is 9.18 Å². The molecule has 0 aliphatic rings. The largest absolute Gasteiger partial charge is 0.329 e. The van der Waals surface area contributed by atoms with Crippen molar-refractivity contribution in [1.29, 1.82) is 0 Å². The van der Waals surface area contributed by atoms with Crippen molar-refractivity contribution >= 4 is 16.6 Å². The molecule has 0 amide bonds. The lowest BCUT2D eigenvalue weighted by atomic mass is 9.93. The van der Waals surface area contributed by atoms with E-state index in [9.17, 15) is 14.0 Å². The van der Waals surface area contributed by atoms with E-state index in [2.05, 4.69) is 4.98 Å².